The van der Waals surface area contributed by atoms with E-state index in [4.69, 9.17) is 4.99 Å². The van der Waals surface area contributed by atoms with Crippen molar-refractivity contribution in [3.05, 3.63) is 35.9 Å². The lowest BCUT2D eigenvalue weighted by Gasteiger charge is -2.36. The highest BCUT2D eigenvalue weighted by Crippen LogP contribution is 2.38. The highest BCUT2D eigenvalue weighted by atomic mass is 32.2. The summed E-state index contributed by atoms with van der Waals surface area (Å²) in [4.78, 5) is 7.20. The van der Waals surface area contributed by atoms with Gasteiger partial charge in [0.1, 0.15) is 0 Å². The largest absolute Gasteiger partial charge is 0.359 e. The lowest BCUT2D eigenvalue weighted by atomic mass is 9.78. The number of hydrogen-bond donors (Lipinski definition) is 1. The number of amidine groups is 1. The minimum Gasteiger partial charge on any atom is -0.359 e. The van der Waals surface area contributed by atoms with E-state index in [-0.39, 0.29) is 0 Å². The number of aliphatic imine (C=N–C) groups is 1. The third-order valence-corrected chi connectivity index (χ3v) is 6.40. The number of nitrogens with one attached hydrogen (secondary N) is 1. The second kappa shape index (κ2) is 8.39. The zero-order valence-corrected chi connectivity index (χ0v) is 15.9. The third-order valence-electron chi connectivity index (χ3n) is 5.20. The summed E-state index contributed by atoms with van der Waals surface area (Å²) in [5, 5.41) is 4.95. The first-order valence-corrected chi connectivity index (χ1v) is 10.3. The summed E-state index contributed by atoms with van der Waals surface area (Å²) in [7, 11) is 2.20. The maximum atomic E-state index is 4.82. The van der Waals surface area contributed by atoms with Gasteiger partial charge < -0.3 is 10.2 Å². The van der Waals surface area contributed by atoms with Crippen LogP contribution in [0, 0.1) is 5.92 Å². The highest BCUT2D eigenvalue weighted by molar-refractivity contribution is 8.14. The van der Waals surface area contributed by atoms with Gasteiger partial charge in [0.15, 0.2) is 5.17 Å². The molecule has 2 fully saturated rings. The van der Waals surface area contributed by atoms with Crippen molar-refractivity contribution >= 4 is 16.9 Å². The van der Waals surface area contributed by atoms with Crippen LogP contribution in [0.1, 0.15) is 44.6 Å². The molecule has 1 N–H and O–H groups in total. The second-order valence-electron chi connectivity index (χ2n) is 7.66. The molecule has 0 bridgehead atoms. The van der Waals surface area contributed by atoms with Crippen LogP contribution < -0.4 is 5.32 Å². The van der Waals surface area contributed by atoms with Gasteiger partial charge in [0, 0.05) is 24.4 Å². The van der Waals surface area contributed by atoms with E-state index in [2.05, 4.69) is 54.5 Å². The lowest BCUT2D eigenvalue weighted by molar-refractivity contribution is 0.242. The van der Waals surface area contributed by atoms with Gasteiger partial charge >= 0.3 is 0 Å². The van der Waals surface area contributed by atoms with Crippen LogP contribution in [0.2, 0.25) is 0 Å². The topological polar surface area (TPSA) is 27.6 Å². The van der Waals surface area contributed by atoms with Crippen molar-refractivity contribution in [3.8, 4) is 0 Å². The average Bonchev–Trinajstić information content (AvgIpc) is 2.94. The Labute approximate surface area is 151 Å². The smallest absolute Gasteiger partial charge is 0.157 e. The van der Waals surface area contributed by atoms with E-state index >= 15 is 0 Å². The van der Waals surface area contributed by atoms with Crippen LogP contribution in [0.15, 0.2) is 35.3 Å². The fraction of sp³-hybridized carbons (Fsp3) is 0.650. The van der Waals surface area contributed by atoms with Gasteiger partial charge in [-0.2, -0.15) is 0 Å². The summed E-state index contributed by atoms with van der Waals surface area (Å²) in [6, 6.07) is 10.7. The molecule has 2 aliphatic rings. The molecule has 1 spiro atoms. The molecule has 1 saturated carbocycles. The Hall–Kier alpha value is -1.00. The molecule has 1 aliphatic heterocycles. The van der Waals surface area contributed by atoms with Crippen molar-refractivity contribution in [1.82, 2.24) is 10.2 Å². The SMILES string of the molecule is CC1CCCC2(CSC(=NCCCN(C)Cc3ccccc3)N2)C1. The van der Waals surface area contributed by atoms with Crippen LogP contribution >= 0.6 is 11.8 Å². The van der Waals surface area contributed by atoms with E-state index < -0.39 is 0 Å². The van der Waals surface area contributed by atoms with E-state index in [9.17, 15) is 0 Å². The van der Waals surface area contributed by atoms with Crippen LogP contribution in [0.5, 0.6) is 0 Å². The number of rotatable bonds is 6. The normalized spacial score (nSPS) is 28.6. The van der Waals surface area contributed by atoms with Crippen molar-refractivity contribution in [2.24, 2.45) is 10.9 Å². The molecule has 0 radical (unpaired) electrons. The zero-order valence-electron chi connectivity index (χ0n) is 15.1. The minimum absolute atomic E-state index is 0.352. The number of benzene rings is 1. The molecule has 1 aliphatic carbocycles. The van der Waals surface area contributed by atoms with Gasteiger partial charge in [-0.25, -0.2) is 0 Å². The summed E-state index contributed by atoms with van der Waals surface area (Å²) in [5.41, 5.74) is 1.73. The average molecular weight is 346 g/mol. The van der Waals surface area contributed by atoms with E-state index in [0.29, 0.717) is 5.54 Å². The van der Waals surface area contributed by atoms with Gasteiger partial charge in [0.25, 0.3) is 0 Å². The van der Waals surface area contributed by atoms with E-state index in [1.54, 1.807) is 0 Å². The molecule has 24 heavy (non-hydrogen) atoms. The van der Waals surface area contributed by atoms with Gasteiger partial charge in [0.05, 0.1) is 0 Å². The molecular formula is C20H31N3S. The predicted molar refractivity (Wildman–Crippen MR) is 106 cm³/mol. The molecule has 2 unspecified atom stereocenters. The molecule has 132 valence electrons. The van der Waals surface area contributed by atoms with E-state index in [1.807, 2.05) is 11.8 Å². The van der Waals surface area contributed by atoms with E-state index in [0.717, 1.165) is 32.0 Å². The molecular weight excluding hydrogens is 314 g/mol. The van der Waals surface area contributed by atoms with Crippen LogP contribution in [-0.2, 0) is 6.54 Å². The highest BCUT2D eigenvalue weighted by Gasteiger charge is 2.40. The lowest BCUT2D eigenvalue weighted by Crippen LogP contribution is -2.47. The monoisotopic (exact) mass is 345 g/mol. The summed E-state index contributed by atoms with van der Waals surface area (Å²) < 4.78 is 0. The number of nitrogens with zero attached hydrogens (tertiary/aromatic N) is 2. The molecule has 0 amide bonds. The Morgan fingerprint density at radius 2 is 2.17 bits per heavy atom. The maximum Gasteiger partial charge on any atom is 0.157 e. The molecule has 3 nitrogen and oxygen atoms in total. The van der Waals surface area contributed by atoms with Gasteiger partial charge in [-0.15, -0.1) is 0 Å². The Kier molecular flexibility index (Phi) is 6.23. The molecule has 1 aromatic rings. The summed E-state index contributed by atoms with van der Waals surface area (Å²) >= 11 is 1.94. The van der Waals surface area contributed by atoms with Crippen molar-refractivity contribution in [2.75, 3.05) is 25.9 Å². The molecule has 2 atom stereocenters. The Morgan fingerprint density at radius 1 is 1.33 bits per heavy atom. The van der Waals surface area contributed by atoms with Crippen molar-refractivity contribution < 1.29 is 0 Å². The van der Waals surface area contributed by atoms with Gasteiger partial charge in [0.2, 0.25) is 0 Å². The molecule has 1 aromatic carbocycles. The fourth-order valence-electron chi connectivity index (χ4n) is 3.99. The predicted octanol–water partition coefficient (Wildman–Crippen LogP) is 4.15. The van der Waals surface area contributed by atoms with Crippen LogP contribution in [0.25, 0.3) is 0 Å². The first-order chi connectivity index (χ1) is 11.7. The van der Waals surface area contributed by atoms with Crippen molar-refractivity contribution in [3.63, 3.8) is 0 Å². The third kappa shape index (κ3) is 5.00. The van der Waals surface area contributed by atoms with Crippen molar-refractivity contribution in [2.45, 2.75) is 51.1 Å². The standard InChI is InChI=1S/C20H31N3S/c1-17-8-6-11-20(14-17)16-24-19(22-20)21-12-7-13-23(2)15-18-9-4-3-5-10-18/h3-5,9-10,17H,6-8,11-16H2,1-2H3,(H,21,22). The quantitative estimate of drug-likeness (QED) is 0.785. The second-order valence-corrected chi connectivity index (χ2v) is 8.62. The van der Waals surface area contributed by atoms with Gasteiger partial charge in [-0.05, 0) is 44.3 Å². The molecule has 0 aromatic heterocycles. The maximum absolute atomic E-state index is 4.82. The zero-order chi connectivity index (χ0) is 16.8. The molecule has 1 heterocycles. The van der Waals surface area contributed by atoms with Crippen LogP contribution in [0.4, 0.5) is 0 Å². The minimum atomic E-state index is 0.352. The van der Waals surface area contributed by atoms with Gasteiger partial charge in [-0.1, -0.05) is 61.9 Å². The first-order valence-electron chi connectivity index (χ1n) is 9.33. The number of thioether (sulfide) groups is 1. The van der Waals surface area contributed by atoms with E-state index in [1.165, 1.54) is 42.2 Å². The molecule has 4 heteroatoms. The Balaban J connectivity index is 1.38. The molecule has 1 saturated heterocycles. The summed E-state index contributed by atoms with van der Waals surface area (Å²) in [5.74, 6) is 2.07. The Bertz CT molecular complexity index is 545. The van der Waals surface area contributed by atoms with Crippen molar-refractivity contribution in [1.29, 1.82) is 0 Å². The molecule has 3 rings (SSSR count). The van der Waals surface area contributed by atoms with Crippen LogP contribution in [0.3, 0.4) is 0 Å². The summed E-state index contributed by atoms with van der Waals surface area (Å²) in [6.07, 6.45) is 6.53. The van der Waals surface area contributed by atoms with Gasteiger partial charge in [-0.3, -0.25) is 4.99 Å². The Morgan fingerprint density at radius 3 is 2.96 bits per heavy atom. The van der Waals surface area contributed by atoms with Crippen LogP contribution in [-0.4, -0.2) is 41.5 Å². The fourth-order valence-corrected chi connectivity index (χ4v) is 5.21. The number of hydrogen-bond acceptors (Lipinski definition) is 3. The summed E-state index contributed by atoms with van der Waals surface area (Å²) in [6.45, 7) is 5.44. The first kappa shape index (κ1) is 17.8.